The number of rotatable bonds is 7. The Labute approximate surface area is 167 Å². The number of nitrogens with two attached hydrogens (primary N) is 1. The number of nitro groups is 2. The van der Waals surface area contributed by atoms with Gasteiger partial charge >= 0.3 is 5.69 Å². The second kappa shape index (κ2) is 8.68. The van der Waals surface area contributed by atoms with Gasteiger partial charge in [0, 0.05) is 24.8 Å². The molecule has 0 aliphatic carbocycles. The van der Waals surface area contributed by atoms with Crippen LogP contribution >= 0.6 is 0 Å². The van der Waals surface area contributed by atoms with E-state index in [2.05, 4.69) is 20.9 Å². The molecule has 1 aromatic heterocycles. The normalized spacial score (nSPS) is 21.4. The Hall–Kier alpha value is -3.82. The monoisotopic (exact) mass is 422 g/mol. The molecule has 0 radical (unpaired) electrons. The standard InChI is InChI=1S/C15H18N8O7/c16-18-13-3-4-21(14-6-11(25)12(7-24)30-14)15(17-13)20-19-9-2-1-8(22(26)27)5-10(9)23(28)29/h1-5,11-12,14,19,24-25H,6-7,16H2,(H,17,18,20)/t11-,12+,14+/m0/s1. The zero-order valence-electron chi connectivity index (χ0n) is 15.3. The van der Waals surface area contributed by atoms with Crippen LogP contribution in [-0.2, 0) is 4.74 Å². The molecule has 1 aliphatic rings. The molecule has 0 saturated carbocycles. The molecule has 0 bridgehead atoms. The van der Waals surface area contributed by atoms with Crippen LogP contribution in [0.4, 0.5) is 23.0 Å². The van der Waals surface area contributed by atoms with Gasteiger partial charge in [-0.25, -0.2) is 0 Å². The maximum Gasteiger partial charge on any atom is 0.300 e. The zero-order valence-corrected chi connectivity index (χ0v) is 15.3. The van der Waals surface area contributed by atoms with E-state index >= 15 is 0 Å². The fourth-order valence-electron chi connectivity index (χ4n) is 2.88. The molecule has 2 heterocycles. The molecule has 0 unspecified atom stereocenters. The molecule has 6 N–H and O–H groups in total. The fraction of sp³-hybridized carbons (Fsp3) is 0.333. The maximum absolute atomic E-state index is 11.3. The number of aromatic nitrogens is 2. The Morgan fingerprint density at radius 2 is 2.07 bits per heavy atom. The molecular weight excluding hydrogens is 404 g/mol. The highest BCUT2D eigenvalue weighted by atomic mass is 16.6. The molecule has 15 heteroatoms. The van der Waals surface area contributed by atoms with Gasteiger partial charge in [-0.3, -0.25) is 35.6 Å². The maximum atomic E-state index is 11.3. The Morgan fingerprint density at radius 3 is 2.67 bits per heavy atom. The van der Waals surface area contributed by atoms with Crippen molar-refractivity contribution in [2.45, 2.75) is 24.9 Å². The smallest absolute Gasteiger partial charge is 0.300 e. The number of nitrogens with zero attached hydrogens (tertiary/aromatic N) is 5. The Balaban J connectivity index is 1.90. The van der Waals surface area contributed by atoms with Crippen molar-refractivity contribution in [3.63, 3.8) is 0 Å². The van der Waals surface area contributed by atoms with E-state index < -0.39 is 39.7 Å². The van der Waals surface area contributed by atoms with Crippen LogP contribution in [0.1, 0.15) is 12.6 Å². The third-order valence-electron chi connectivity index (χ3n) is 4.37. The van der Waals surface area contributed by atoms with Crippen molar-refractivity contribution in [2.75, 3.05) is 17.5 Å². The van der Waals surface area contributed by atoms with Crippen LogP contribution in [-0.4, -0.2) is 48.4 Å². The lowest BCUT2D eigenvalue weighted by atomic mass is 10.2. The Morgan fingerprint density at radius 1 is 1.30 bits per heavy atom. The first-order chi connectivity index (χ1) is 14.3. The molecule has 30 heavy (non-hydrogen) atoms. The topological polar surface area (TPSA) is 216 Å². The number of nitrogens with one attached hydrogen (secondary N) is 2. The fourth-order valence-corrected chi connectivity index (χ4v) is 2.88. The summed E-state index contributed by atoms with van der Waals surface area (Å²) < 4.78 is 7.06. The highest BCUT2D eigenvalue weighted by Gasteiger charge is 2.35. The van der Waals surface area contributed by atoms with Crippen molar-refractivity contribution >= 4 is 23.0 Å². The van der Waals surface area contributed by atoms with Gasteiger partial charge < -0.3 is 20.8 Å². The average Bonchev–Trinajstić information content (AvgIpc) is 3.12. The van der Waals surface area contributed by atoms with Gasteiger partial charge in [0.1, 0.15) is 18.0 Å². The van der Waals surface area contributed by atoms with Gasteiger partial charge in [-0.15, -0.1) is 0 Å². The molecule has 1 fully saturated rings. The zero-order chi connectivity index (χ0) is 21.8. The number of hydrogen-bond acceptors (Lipinski definition) is 12. The molecule has 0 spiro atoms. The second-order valence-corrected chi connectivity index (χ2v) is 6.23. The summed E-state index contributed by atoms with van der Waals surface area (Å²) in [4.78, 5) is 24.8. The molecule has 2 aromatic rings. The van der Waals surface area contributed by atoms with Crippen LogP contribution < -0.4 is 22.2 Å². The van der Waals surface area contributed by atoms with E-state index in [0.717, 1.165) is 12.1 Å². The number of non-ortho nitro benzene ring substituents is 1. The third-order valence-corrected chi connectivity index (χ3v) is 4.37. The minimum atomic E-state index is -0.900. The van der Waals surface area contributed by atoms with Crippen molar-refractivity contribution in [1.29, 1.82) is 0 Å². The molecule has 160 valence electrons. The largest absolute Gasteiger partial charge is 0.394 e. The summed E-state index contributed by atoms with van der Waals surface area (Å²) in [6.07, 6.45) is -0.707. The number of anilines is 2. The van der Waals surface area contributed by atoms with Gasteiger partial charge in [0.2, 0.25) is 5.95 Å². The summed E-state index contributed by atoms with van der Waals surface area (Å²) in [7, 11) is 0. The SMILES string of the molecule is NN=c1ccn([C@H]2C[C@H](O)[C@@H](CO)O2)c(NNc2ccc([N+](=O)[O-])cc2[N+](=O)[O-])n1. The molecule has 15 nitrogen and oxygen atoms in total. The lowest BCUT2D eigenvalue weighted by Crippen LogP contribution is -2.25. The minimum absolute atomic E-state index is 0.0605. The molecule has 1 aromatic carbocycles. The van der Waals surface area contributed by atoms with Gasteiger partial charge in [-0.2, -0.15) is 10.1 Å². The van der Waals surface area contributed by atoms with Crippen LogP contribution in [0.15, 0.2) is 35.6 Å². The first kappa shape index (κ1) is 20.9. The number of nitro benzene ring substituents is 2. The van der Waals surface area contributed by atoms with E-state index in [1.807, 2.05) is 0 Å². The minimum Gasteiger partial charge on any atom is -0.394 e. The van der Waals surface area contributed by atoms with Crippen LogP contribution in [0.5, 0.6) is 0 Å². The van der Waals surface area contributed by atoms with E-state index in [-0.39, 0.29) is 30.2 Å². The third kappa shape index (κ3) is 4.27. The predicted octanol–water partition coefficient (Wildman–Crippen LogP) is -0.446. The van der Waals surface area contributed by atoms with Gasteiger partial charge in [-0.05, 0) is 6.07 Å². The van der Waals surface area contributed by atoms with Gasteiger partial charge in [0.15, 0.2) is 5.49 Å². The number of ether oxygens (including phenoxy) is 1. The summed E-state index contributed by atoms with van der Waals surface area (Å²) in [6.45, 7) is -0.377. The summed E-state index contributed by atoms with van der Waals surface area (Å²) in [5.74, 6) is 5.33. The number of aliphatic hydroxyl groups is 2. The summed E-state index contributed by atoms with van der Waals surface area (Å²) >= 11 is 0. The first-order valence-corrected chi connectivity index (χ1v) is 8.56. The van der Waals surface area contributed by atoms with Crippen molar-refractivity contribution in [2.24, 2.45) is 10.9 Å². The van der Waals surface area contributed by atoms with E-state index in [4.69, 9.17) is 10.6 Å². The summed E-state index contributed by atoms with van der Waals surface area (Å²) in [5, 5.41) is 44.9. The second-order valence-electron chi connectivity index (χ2n) is 6.23. The summed E-state index contributed by atoms with van der Waals surface area (Å²) in [6, 6.07) is 4.57. The van der Waals surface area contributed by atoms with Gasteiger partial charge in [0.05, 0.1) is 28.6 Å². The van der Waals surface area contributed by atoms with Crippen LogP contribution in [0.25, 0.3) is 0 Å². The molecule has 3 atom stereocenters. The lowest BCUT2D eigenvalue weighted by molar-refractivity contribution is -0.393. The van der Waals surface area contributed by atoms with Crippen LogP contribution in [0.3, 0.4) is 0 Å². The Kier molecular flexibility index (Phi) is 6.05. The first-order valence-electron chi connectivity index (χ1n) is 8.56. The van der Waals surface area contributed by atoms with Crippen molar-refractivity contribution in [3.05, 3.63) is 56.2 Å². The van der Waals surface area contributed by atoms with Gasteiger partial charge in [0.25, 0.3) is 5.69 Å². The average molecular weight is 422 g/mol. The molecule has 3 rings (SSSR count). The molecule has 1 aliphatic heterocycles. The lowest BCUT2D eigenvalue weighted by Gasteiger charge is -2.20. The quantitative estimate of drug-likeness (QED) is 0.219. The number of hydrazine groups is 1. The predicted molar refractivity (Wildman–Crippen MR) is 101 cm³/mol. The summed E-state index contributed by atoms with van der Waals surface area (Å²) in [5.41, 5.74) is 4.34. The van der Waals surface area contributed by atoms with Gasteiger partial charge in [-0.1, -0.05) is 0 Å². The highest BCUT2D eigenvalue weighted by Crippen LogP contribution is 2.31. The van der Waals surface area contributed by atoms with Crippen LogP contribution in [0.2, 0.25) is 0 Å². The number of benzene rings is 1. The number of hydrogen-bond donors (Lipinski definition) is 5. The highest BCUT2D eigenvalue weighted by molar-refractivity contribution is 5.66. The molecule has 1 saturated heterocycles. The molecular formula is C15H18N8O7. The van der Waals surface area contributed by atoms with Crippen molar-refractivity contribution in [3.8, 4) is 0 Å². The van der Waals surface area contributed by atoms with Crippen LogP contribution in [0, 0.1) is 20.2 Å². The van der Waals surface area contributed by atoms with Crippen molar-refractivity contribution < 1.29 is 24.8 Å². The Bertz CT molecular complexity index is 1030. The number of aliphatic hydroxyl groups excluding tert-OH is 2. The molecule has 0 amide bonds. The van der Waals surface area contributed by atoms with E-state index in [1.165, 1.54) is 22.9 Å². The van der Waals surface area contributed by atoms with E-state index in [9.17, 15) is 30.4 Å². The van der Waals surface area contributed by atoms with Crippen molar-refractivity contribution in [1.82, 2.24) is 9.55 Å². The van der Waals surface area contributed by atoms with E-state index in [1.54, 1.807) is 0 Å². The van der Waals surface area contributed by atoms with E-state index in [0.29, 0.717) is 0 Å².